The Morgan fingerprint density at radius 1 is 1.09 bits per heavy atom. The van der Waals surface area contributed by atoms with Gasteiger partial charge in [0, 0.05) is 36.4 Å². The number of carbonyl (C=O) groups is 2. The first kappa shape index (κ1) is 22.0. The van der Waals surface area contributed by atoms with Gasteiger partial charge in [-0.25, -0.2) is 4.68 Å². The van der Waals surface area contributed by atoms with Crippen LogP contribution in [0.5, 0.6) is 0 Å². The zero-order valence-electron chi connectivity index (χ0n) is 18.0. The predicted molar refractivity (Wildman–Crippen MR) is 122 cm³/mol. The van der Waals surface area contributed by atoms with Crippen LogP contribution in [0.3, 0.4) is 0 Å². The highest BCUT2D eigenvalue weighted by atomic mass is 35.5. The second-order valence-electron chi connectivity index (χ2n) is 7.97. The molecule has 0 aliphatic carbocycles. The van der Waals surface area contributed by atoms with Crippen LogP contribution >= 0.6 is 11.6 Å². The molecule has 0 bridgehead atoms. The van der Waals surface area contributed by atoms with E-state index in [0.29, 0.717) is 35.9 Å². The summed E-state index contributed by atoms with van der Waals surface area (Å²) in [5.74, 6) is -0.281. The van der Waals surface area contributed by atoms with Crippen LogP contribution in [0.1, 0.15) is 40.3 Å². The summed E-state index contributed by atoms with van der Waals surface area (Å²) in [6, 6.07) is 16.2. The van der Waals surface area contributed by atoms with Crippen molar-refractivity contribution >= 4 is 23.4 Å². The van der Waals surface area contributed by atoms with Gasteiger partial charge in [0.1, 0.15) is 0 Å². The fourth-order valence-corrected chi connectivity index (χ4v) is 3.96. The van der Waals surface area contributed by atoms with Crippen molar-refractivity contribution in [1.82, 2.24) is 20.0 Å². The Balaban J connectivity index is 1.34. The molecule has 2 amide bonds. The number of nitrogens with one attached hydrogen (secondary N) is 1. The average Bonchev–Trinajstić information content (AvgIpc) is 3.27. The summed E-state index contributed by atoms with van der Waals surface area (Å²) in [7, 11) is 0. The van der Waals surface area contributed by atoms with Crippen molar-refractivity contribution in [2.45, 2.75) is 32.6 Å². The summed E-state index contributed by atoms with van der Waals surface area (Å²) >= 11 is 6.02. The van der Waals surface area contributed by atoms with Crippen LogP contribution < -0.4 is 5.32 Å². The molecule has 2 atom stereocenters. The fourth-order valence-electron chi connectivity index (χ4n) is 3.77. The molecule has 3 aromatic rings. The SMILES string of the molecule is CC1CN(C(=O)c2ccc(CNC(=O)c3ccn(-c4cccc(Cl)c4)n3)cc2)CC(C)O1. The molecule has 32 heavy (non-hydrogen) atoms. The van der Waals surface area contributed by atoms with E-state index in [1.165, 1.54) is 0 Å². The molecule has 166 valence electrons. The van der Waals surface area contributed by atoms with Crippen LogP contribution in [0.15, 0.2) is 60.8 Å². The largest absolute Gasteiger partial charge is 0.372 e. The van der Waals surface area contributed by atoms with Crippen molar-refractivity contribution in [2.75, 3.05) is 13.1 Å². The first-order valence-electron chi connectivity index (χ1n) is 10.5. The molecule has 0 saturated carbocycles. The van der Waals surface area contributed by atoms with Gasteiger partial charge in [0.15, 0.2) is 5.69 Å². The number of carbonyl (C=O) groups excluding carboxylic acids is 2. The number of halogens is 1. The highest BCUT2D eigenvalue weighted by Gasteiger charge is 2.26. The highest BCUT2D eigenvalue weighted by molar-refractivity contribution is 6.30. The van der Waals surface area contributed by atoms with Crippen LogP contribution in [0, 0.1) is 0 Å². The molecule has 1 aromatic heterocycles. The highest BCUT2D eigenvalue weighted by Crippen LogP contribution is 2.16. The number of nitrogens with zero attached hydrogens (tertiary/aromatic N) is 3. The van der Waals surface area contributed by atoms with E-state index in [9.17, 15) is 9.59 Å². The minimum absolute atomic E-state index is 0.00543. The van der Waals surface area contributed by atoms with Crippen LogP contribution in [0.25, 0.3) is 5.69 Å². The standard InChI is InChI=1S/C24H25ClN4O3/c1-16-14-28(15-17(2)32-16)24(31)19-8-6-18(7-9-19)13-26-23(30)22-10-11-29(27-22)21-5-3-4-20(25)12-21/h3-12,16-17H,13-15H2,1-2H3,(H,26,30). The van der Waals surface area contributed by atoms with E-state index < -0.39 is 0 Å². The zero-order valence-corrected chi connectivity index (χ0v) is 18.7. The third kappa shape index (κ3) is 5.18. The Hall–Kier alpha value is -3.16. The predicted octanol–water partition coefficient (Wildman–Crippen LogP) is 3.71. The smallest absolute Gasteiger partial charge is 0.272 e. The monoisotopic (exact) mass is 452 g/mol. The number of rotatable bonds is 5. The van der Waals surface area contributed by atoms with Gasteiger partial charge in [0.2, 0.25) is 0 Å². The topological polar surface area (TPSA) is 76.5 Å². The van der Waals surface area contributed by atoms with Crippen molar-refractivity contribution in [3.05, 3.63) is 82.6 Å². The Morgan fingerprint density at radius 2 is 1.81 bits per heavy atom. The van der Waals surface area contributed by atoms with Gasteiger partial charge in [0.05, 0.1) is 17.9 Å². The van der Waals surface area contributed by atoms with Crippen LogP contribution in [0.2, 0.25) is 5.02 Å². The number of hydrogen-bond donors (Lipinski definition) is 1. The van der Waals surface area contributed by atoms with Gasteiger partial charge in [-0.05, 0) is 55.8 Å². The lowest BCUT2D eigenvalue weighted by Crippen LogP contribution is -2.48. The quantitative estimate of drug-likeness (QED) is 0.640. The van der Waals surface area contributed by atoms with Gasteiger partial charge in [0.25, 0.3) is 11.8 Å². The second kappa shape index (κ2) is 9.54. The minimum Gasteiger partial charge on any atom is -0.372 e. The van der Waals surface area contributed by atoms with Crippen molar-refractivity contribution in [1.29, 1.82) is 0 Å². The third-order valence-corrected chi connectivity index (χ3v) is 5.49. The van der Waals surface area contributed by atoms with Gasteiger partial charge in [-0.1, -0.05) is 29.8 Å². The number of amides is 2. The van der Waals surface area contributed by atoms with Crippen molar-refractivity contribution < 1.29 is 14.3 Å². The molecule has 1 N–H and O–H groups in total. The number of ether oxygens (including phenoxy) is 1. The molecule has 1 aliphatic rings. The molecular formula is C24H25ClN4O3. The molecule has 7 nitrogen and oxygen atoms in total. The molecule has 0 spiro atoms. The molecule has 2 aromatic carbocycles. The van der Waals surface area contributed by atoms with Gasteiger partial charge >= 0.3 is 0 Å². The van der Waals surface area contributed by atoms with E-state index in [1.807, 2.05) is 43.0 Å². The average molecular weight is 453 g/mol. The minimum atomic E-state index is -0.276. The summed E-state index contributed by atoms with van der Waals surface area (Å²) in [6.07, 6.45) is 1.77. The summed E-state index contributed by atoms with van der Waals surface area (Å²) in [4.78, 5) is 27.1. The summed E-state index contributed by atoms with van der Waals surface area (Å²) in [5.41, 5.74) is 2.61. The van der Waals surface area contributed by atoms with Gasteiger partial charge in [-0.3, -0.25) is 9.59 Å². The Morgan fingerprint density at radius 3 is 2.50 bits per heavy atom. The van der Waals surface area contributed by atoms with Crippen molar-refractivity contribution in [3.63, 3.8) is 0 Å². The van der Waals surface area contributed by atoms with Crippen LogP contribution in [-0.4, -0.2) is 51.8 Å². The van der Waals surface area contributed by atoms with Crippen molar-refractivity contribution in [2.24, 2.45) is 0 Å². The molecule has 1 fully saturated rings. The van der Waals surface area contributed by atoms with E-state index in [-0.39, 0.29) is 24.0 Å². The third-order valence-electron chi connectivity index (χ3n) is 5.26. The van der Waals surface area contributed by atoms with Crippen LogP contribution in [0.4, 0.5) is 0 Å². The number of morpholine rings is 1. The molecule has 2 unspecified atom stereocenters. The molecule has 8 heteroatoms. The number of aromatic nitrogens is 2. The van der Waals surface area contributed by atoms with Gasteiger partial charge < -0.3 is 15.0 Å². The van der Waals surface area contributed by atoms with E-state index >= 15 is 0 Å². The summed E-state index contributed by atoms with van der Waals surface area (Å²) in [5, 5.41) is 7.78. The fraction of sp³-hybridized carbons (Fsp3) is 0.292. The van der Waals surface area contributed by atoms with Gasteiger partial charge in [-0.2, -0.15) is 5.10 Å². The Labute approximate surface area is 191 Å². The molecule has 0 radical (unpaired) electrons. The Kier molecular flexibility index (Phi) is 6.58. The normalized spacial score (nSPS) is 18.4. The zero-order chi connectivity index (χ0) is 22.7. The number of benzene rings is 2. The molecule has 1 saturated heterocycles. The van der Waals surface area contributed by atoms with E-state index in [2.05, 4.69) is 10.4 Å². The molecule has 4 rings (SSSR count). The maximum absolute atomic E-state index is 12.8. The van der Waals surface area contributed by atoms with Crippen molar-refractivity contribution in [3.8, 4) is 5.69 Å². The maximum atomic E-state index is 12.8. The van der Waals surface area contributed by atoms with E-state index in [1.54, 1.807) is 41.2 Å². The summed E-state index contributed by atoms with van der Waals surface area (Å²) in [6.45, 7) is 5.45. The van der Waals surface area contributed by atoms with E-state index in [0.717, 1.165) is 11.3 Å². The lowest BCUT2D eigenvalue weighted by Gasteiger charge is -2.35. The Bertz CT molecular complexity index is 1100. The van der Waals surface area contributed by atoms with Crippen LogP contribution in [-0.2, 0) is 11.3 Å². The lowest BCUT2D eigenvalue weighted by molar-refractivity contribution is -0.0586. The molecular weight excluding hydrogens is 428 g/mol. The first-order chi connectivity index (χ1) is 15.4. The molecule has 1 aliphatic heterocycles. The first-order valence-corrected chi connectivity index (χ1v) is 10.9. The van der Waals surface area contributed by atoms with E-state index in [4.69, 9.17) is 16.3 Å². The summed E-state index contributed by atoms with van der Waals surface area (Å²) < 4.78 is 7.30. The lowest BCUT2D eigenvalue weighted by atomic mass is 10.1. The molecule has 2 heterocycles. The van der Waals surface area contributed by atoms with Gasteiger partial charge in [-0.15, -0.1) is 0 Å². The number of hydrogen-bond acceptors (Lipinski definition) is 4. The maximum Gasteiger partial charge on any atom is 0.272 e. The second-order valence-corrected chi connectivity index (χ2v) is 8.41.